The molecule has 0 spiro atoms. The van der Waals surface area contributed by atoms with Crippen LogP contribution in [0, 0.1) is 0 Å². The third kappa shape index (κ3) is 2.40. The Labute approximate surface area is 94.4 Å². The van der Waals surface area contributed by atoms with Gasteiger partial charge in [-0.3, -0.25) is 4.79 Å². The Morgan fingerprint density at radius 2 is 1.81 bits per heavy atom. The molecule has 0 saturated carbocycles. The smallest absolute Gasteiger partial charge is 0.321 e. The van der Waals surface area contributed by atoms with E-state index >= 15 is 0 Å². The molecular weight excluding hydrogens is 230 g/mol. The molecule has 1 aromatic rings. The molecule has 16 heavy (non-hydrogen) atoms. The minimum absolute atomic E-state index is 0.0885. The Kier molecular flexibility index (Phi) is 3.66. The fourth-order valence-corrected chi connectivity index (χ4v) is 2.46. The summed E-state index contributed by atoms with van der Waals surface area (Å²) in [4.78, 5) is 10.8. The van der Waals surface area contributed by atoms with Crippen LogP contribution in [0.5, 0.6) is 0 Å². The number of aliphatic carboxylic acids is 1. The summed E-state index contributed by atoms with van der Waals surface area (Å²) in [5, 5.41) is 8.76. The van der Waals surface area contributed by atoms with Gasteiger partial charge >= 0.3 is 5.97 Å². The van der Waals surface area contributed by atoms with Crippen LogP contribution in [0.2, 0.25) is 0 Å². The zero-order valence-electron chi connectivity index (χ0n) is 8.99. The lowest BCUT2D eigenvalue weighted by Gasteiger charge is -2.20. The van der Waals surface area contributed by atoms with Crippen molar-refractivity contribution in [1.29, 1.82) is 0 Å². The molecule has 0 aliphatic rings. The highest BCUT2D eigenvalue weighted by molar-refractivity contribution is 7.89. The predicted octanol–water partition coefficient (Wildman–Crippen LogP) is 0.780. The molecule has 1 atom stereocenters. The third-order valence-electron chi connectivity index (χ3n) is 2.32. The Morgan fingerprint density at radius 3 is 2.25 bits per heavy atom. The molecule has 0 saturated heterocycles. The van der Waals surface area contributed by atoms with Gasteiger partial charge in [0.1, 0.15) is 6.04 Å². The molecule has 0 unspecified atom stereocenters. The molecule has 0 aromatic heterocycles. The number of hydrogen-bond donors (Lipinski definition) is 1. The number of hydrogen-bond acceptors (Lipinski definition) is 3. The highest BCUT2D eigenvalue weighted by Crippen LogP contribution is 2.15. The highest BCUT2D eigenvalue weighted by Gasteiger charge is 2.28. The van der Waals surface area contributed by atoms with Crippen molar-refractivity contribution in [3.63, 3.8) is 0 Å². The number of carboxylic acid groups (broad SMARTS) is 1. The quantitative estimate of drug-likeness (QED) is 0.848. The van der Waals surface area contributed by atoms with Gasteiger partial charge in [-0.2, -0.15) is 4.31 Å². The van der Waals surface area contributed by atoms with E-state index in [9.17, 15) is 13.2 Å². The van der Waals surface area contributed by atoms with Crippen molar-refractivity contribution in [2.24, 2.45) is 0 Å². The van der Waals surface area contributed by atoms with Crippen LogP contribution < -0.4 is 0 Å². The Hall–Kier alpha value is -1.40. The lowest BCUT2D eigenvalue weighted by molar-refractivity contribution is -0.140. The Balaban J connectivity index is 3.09. The van der Waals surface area contributed by atoms with Crippen molar-refractivity contribution in [2.75, 3.05) is 7.05 Å². The van der Waals surface area contributed by atoms with Crippen molar-refractivity contribution < 1.29 is 18.3 Å². The molecule has 1 rings (SSSR count). The van der Waals surface area contributed by atoms with Crippen LogP contribution in [-0.2, 0) is 14.8 Å². The maximum atomic E-state index is 11.9. The average molecular weight is 243 g/mol. The molecular formula is C10H13NO4S. The van der Waals surface area contributed by atoms with Gasteiger partial charge in [-0.1, -0.05) is 18.2 Å². The summed E-state index contributed by atoms with van der Waals surface area (Å²) in [6, 6.07) is 6.64. The second kappa shape index (κ2) is 4.63. The SMILES string of the molecule is C[C@H](C(=O)O)N(C)S(=O)(=O)c1ccccc1. The first-order valence-corrected chi connectivity index (χ1v) is 6.07. The summed E-state index contributed by atoms with van der Waals surface area (Å²) in [6.45, 7) is 1.32. The molecule has 1 N–H and O–H groups in total. The summed E-state index contributed by atoms with van der Waals surface area (Å²) < 4.78 is 24.7. The van der Waals surface area contributed by atoms with Crippen LogP contribution in [0.4, 0.5) is 0 Å². The molecule has 88 valence electrons. The van der Waals surface area contributed by atoms with Crippen molar-refractivity contribution >= 4 is 16.0 Å². The fourth-order valence-electron chi connectivity index (χ4n) is 1.12. The van der Waals surface area contributed by atoms with Gasteiger partial charge in [0.25, 0.3) is 0 Å². The molecule has 6 heteroatoms. The van der Waals surface area contributed by atoms with Crippen molar-refractivity contribution in [3.05, 3.63) is 30.3 Å². The zero-order valence-corrected chi connectivity index (χ0v) is 9.81. The first-order valence-electron chi connectivity index (χ1n) is 4.63. The molecule has 1 aromatic carbocycles. The van der Waals surface area contributed by atoms with Crippen LogP contribution in [0.1, 0.15) is 6.92 Å². The fraction of sp³-hybridized carbons (Fsp3) is 0.300. The Bertz CT molecular complexity index is 469. The van der Waals surface area contributed by atoms with Crippen LogP contribution in [0.15, 0.2) is 35.2 Å². The number of rotatable bonds is 4. The van der Waals surface area contributed by atoms with E-state index in [2.05, 4.69) is 0 Å². The Morgan fingerprint density at radius 1 is 1.31 bits per heavy atom. The van der Waals surface area contributed by atoms with E-state index in [1.807, 2.05) is 0 Å². The molecule has 0 aliphatic heterocycles. The molecule has 0 bridgehead atoms. The normalized spacial score (nSPS) is 13.7. The number of benzene rings is 1. The van der Waals surface area contributed by atoms with Gasteiger partial charge in [0.2, 0.25) is 10.0 Å². The van der Waals surface area contributed by atoms with E-state index in [-0.39, 0.29) is 4.90 Å². The predicted molar refractivity (Wildman–Crippen MR) is 58.5 cm³/mol. The van der Waals surface area contributed by atoms with E-state index in [4.69, 9.17) is 5.11 Å². The minimum atomic E-state index is -3.73. The standard InChI is InChI=1S/C10H13NO4S/c1-8(10(12)13)11(2)16(14,15)9-6-4-3-5-7-9/h3-8H,1-2H3,(H,12,13)/t8-/m1/s1. The first kappa shape index (κ1) is 12.7. The second-order valence-electron chi connectivity index (χ2n) is 3.35. The van der Waals surface area contributed by atoms with Crippen molar-refractivity contribution in [2.45, 2.75) is 17.9 Å². The van der Waals surface area contributed by atoms with Crippen LogP contribution in [-0.4, -0.2) is 36.9 Å². The second-order valence-corrected chi connectivity index (χ2v) is 5.35. The van der Waals surface area contributed by atoms with Crippen molar-refractivity contribution in [1.82, 2.24) is 4.31 Å². The summed E-state index contributed by atoms with van der Waals surface area (Å²) in [7, 11) is -2.48. The van der Waals surface area contributed by atoms with Crippen molar-refractivity contribution in [3.8, 4) is 0 Å². The summed E-state index contributed by atoms with van der Waals surface area (Å²) in [5.41, 5.74) is 0. The maximum Gasteiger partial charge on any atom is 0.321 e. The van der Waals surface area contributed by atoms with Gasteiger partial charge < -0.3 is 5.11 Å². The number of likely N-dealkylation sites (N-methyl/N-ethyl adjacent to an activating group) is 1. The maximum absolute atomic E-state index is 11.9. The van der Waals surface area contributed by atoms with Gasteiger partial charge in [0, 0.05) is 7.05 Å². The van der Waals surface area contributed by atoms with Crippen LogP contribution in [0.25, 0.3) is 0 Å². The molecule has 0 amide bonds. The topological polar surface area (TPSA) is 74.7 Å². The van der Waals surface area contributed by atoms with Gasteiger partial charge in [0.15, 0.2) is 0 Å². The third-order valence-corrected chi connectivity index (χ3v) is 4.27. The largest absolute Gasteiger partial charge is 0.480 e. The van der Waals surface area contributed by atoms with E-state index in [0.717, 1.165) is 4.31 Å². The number of carbonyl (C=O) groups is 1. The zero-order chi connectivity index (χ0) is 12.3. The molecule has 0 heterocycles. The van der Waals surface area contributed by atoms with Crippen LogP contribution in [0.3, 0.4) is 0 Å². The minimum Gasteiger partial charge on any atom is -0.480 e. The van der Waals surface area contributed by atoms with E-state index < -0.39 is 22.0 Å². The molecule has 0 radical (unpaired) electrons. The number of nitrogens with zero attached hydrogens (tertiary/aromatic N) is 1. The lowest BCUT2D eigenvalue weighted by atomic mass is 10.4. The lowest BCUT2D eigenvalue weighted by Crippen LogP contribution is -2.40. The monoisotopic (exact) mass is 243 g/mol. The summed E-state index contributed by atoms with van der Waals surface area (Å²) >= 11 is 0. The molecule has 0 fully saturated rings. The first-order chi connectivity index (χ1) is 7.37. The summed E-state index contributed by atoms with van der Waals surface area (Å²) in [5.74, 6) is -1.18. The van der Waals surface area contributed by atoms with Gasteiger partial charge in [-0.25, -0.2) is 8.42 Å². The van der Waals surface area contributed by atoms with Crippen LogP contribution >= 0.6 is 0 Å². The summed E-state index contributed by atoms with van der Waals surface area (Å²) in [6.07, 6.45) is 0. The van der Waals surface area contributed by atoms with Gasteiger partial charge in [0.05, 0.1) is 4.90 Å². The van der Waals surface area contributed by atoms with E-state index in [1.165, 1.54) is 26.1 Å². The number of carboxylic acids is 1. The molecule has 5 nitrogen and oxygen atoms in total. The van der Waals surface area contributed by atoms with Gasteiger partial charge in [-0.15, -0.1) is 0 Å². The van der Waals surface area contributed by atoms with E-state index in [0.29, 0.717) is 0 Å². The average Bonchev–Trinajstić information content (AvgIpc) is 2.28. The van der Waals surface area contributed by atoms with E-state index in [1.54, 1.807) is 18.2 Å². The molecule has 0 aliphatic carbocycles. The van der Waals surface area contributed by atoms with Gasteiger partial charge in [-0.05, 0) is 19.1 Å². The number of sulfonamides is 1. The highest BCUT2D eigenvalue weighted by atomic mass is 32.2.